The molecule has 0 unspecified atom stereocenters. The average Bonchev–Trinajstić information content (AvgIpc) is 3.17. The van der Waals surface area contributed by atoms with Crippen molar-refractivity contribution in [3.05, 3.63) is 133 Å². The molecule has 1 aliphatic heterocycles. The van der Waals surface area contributed by atoms with Crippen LogP contribution in [0.3, 0.4) is 0 Å². The van der Waals surface area contributed by atoms with E-state index in [1.54, 1.807) is 0 Å². The minimum absolute atomic E-state index is 0.117. The van der Waals surface area contributed by atoms with Crippen LogP contribution in [0.4, 0.5) is 22.7 Å². The number of hydrogen-bond donors (Lipinski definition) is 1. The summed E-state index contributed by atoms with van der Waals surface area (Å²) in [5.41, 5.74) is 1.16. The molecule has 1 N–H and O–H groups in total. The summed E-state index contributed by atoms with van der Waals surface area (Å²) in [5, 5.41) is 44.8. The van der Waals surface area contributed by atoms with Crippen molar-refractivity contribution in [2.45, 2.75) is 74.4 Å². The molecule has 52 heavy (non-hydrogen) atoms. The second-order valence-corrected chi connectivity index (χ2v) is 13.8. The lowest BCUT2D eigenvalue weighted by atomic mass is 9.65. The van der Waals surface area contributed by atoms with Gasteiger partial charge >= 0.3 is 5.69 Å². The number of nitrogens with zero attached hydrogens (tertiary/aromatic N) is 4. The molecule has 0 amide bonds. The largest absolute Gasteiger partial charge is 0.507 e. The van der Waals surface area contributed by atoms with Crippen LogP contribution in [0.1, 0.15) is 85.5 Å². The van der Waals surface area contributed by atoms with Gasteiger partial charge in [-0.2, -0.15) is 5.11 Å². The Morgan fingerprint density at radius 1 is 0.654 bits per heavy atom. The smallest absolute Gasteiger partial charge is 0.303 e. The molecule has 2 bridgehead atoms. The molecule has 12 heteroatoms. The number of hydrogen-bond acceptors (Lipinski definition) is 10. The summed E-state index contributed by atoms with van der Waals surface area (Å²) in [7, 11) is 0. The fourth-order valence-corrected chi connectivity index (χ4v) is 8.63. The Kier molecular flexibility index (Phi) is 10.4. The minimum atomic E-state index is -0.770. The first kappa shape index (κ1) is 35.4. The van der Waals surface area contributed by atoms with Gasteiger partial charge in [0, 0.05) is 29.0 Å². The Balaban J connectivity index is 1.45. The van der Waals surface area contributed by atoms with Crippen molar-refractivity contribution < 1.29 is 29.2 Å². The van der Waals surface area contributed by atoms with Gasteiger partial charge in [-0.25, -0.2) is 0 Å². The molecule has 0 spiro atoms. The molecule has 0 saturated heterocycles. The normalized spacial score (nSPS) is 25.4. The number of nitro benzene ring substituents is 2. The number of phenols is 1. The summed E-state index contributed by atoms with van der Waals surface area (Å²) < 4.78 is 19.9. The molecule has 2 fully saturated rings. The molecule has 7 rings (SSSR count). The number of nitro groups is 2. The van der Waals surface area contributed by atoms with Crippen molar-refractivity contribution >= 4 is 22.7 Å². The molecule has 1 heterocycles. The van der Waals surface area contributed by atoms with Crippen LogP contribution in [0.15, 0.2) is 101 Å². The van der Waals surface area contributed by atoms with E-state index in [9.17, 15) is 25.3 Å². The van der Waals surface area contributed by atoms with Crippen molar-refractivity contribution in [2.24, 2.45) is 10.2 Å². The Morgan fingerprint density at radius 3 is 1.69 bits per heavy atom. The van der Waals surface area contributed by atoms with Gasteiger partial charge in [0.1, 0.15) is 17.0 Å². The fourth-order valence-electron chi connectivity index (χ4n) is 8.63. The van der Waals surface area contributed by atoms with Crippen LogP contribution in [0, 0.1) is 20.2 Å². The minimum Gasteiger partial charge on any atom is -0.507 e. The van der Waals surface area contributed by atoms with E-state index in [1.165, 1.54) is 12.1 Å². The van der Waals surface area contributed by atoms with Crippen LogP contribution in [0.25, 0.3) is 0 Å². The average molecular weight is 707 g/mol. The van der Waals surface area contributed by atoms with Crippen LogP contribution in [-0.4, -0.2) is 41.4 Å². The van der Waals surface area contributed by atoms with E-state index in [0.717, 1.165) is 68.6 Å². The zero-order valence-corrected chi connectivity index (χ0v) is 28.9. The van der Waals surface area contributed by atoms with Gasteiger partial charge in [0.05, 0.1) is 48.0 Å². The van der Waals surface area contributed by atoms with Gasteiger partial charge in [0.25, 0.3) is 5.69 Å². The van der Waals surface area contributed by atoms with Crippen molar-refractivity contribution in [1.29, 1.82) is 0 Å². The molecule has 4 atom stereocenters. The second kappa shape index (κ2) is 15.3. The number of aromatic hydroxyl groups is 1. The van der Waals surface area contributed by atoms with Gasteiger partial charge < -0.3 is 19.3 Å². The van der Waals surface area contributed by atoms with Gasteiger partial charge in [-0.3, -0.25) is 20.2 Å². The number of azo groups is 1. The van der Waals surface area contributed by atoms with E-state index < -0.39 is 32.4 Å². The van der Waals surface area contributed by atoms with Crippen LogP contribution in [0.5, 0.6) is 5.75 Å². The molecule has 0 radical (unpaired) electrons. The first-order chi connectivity index (χ1) is 25.3. The molecule has 3 aliphatic rings. The fraction of sp³-hybridized carbons (Fsp3) is 0.400. The molecule has 4 aromatic carbocycles. The Morgan fingerprint density at radius 2 is 1.19 bits per heavy atom. The standard InChI is InChI=1S/C40H42N4O8/c45-38-32-25-30(41-42-36-18-17-31(43(46)47)27-37(36)44(48)49)26-33(38)35-16-8-10-20-40(35,29-13-5-2-6-14-29)52-24-22-50-21-23-51-39(19-9-7-15-34(32)39)28-11-3-1-4-12-28/h1-6,11-14,17-18,25-27,34-35,45H,7-10,15-16,19-24H2/t34-,35-,39+,40+/m1/s1. The highest BCUT2D eigenvalue weighted by Crippen LogP contribution is 2.57. The quantitative estimate of drug-likeness (QED) is 0.118. The van der Waals surface area contributed by atoms with Crippen molar-refractivity contribution in [3.63, 3.8) is 0 Å². The van der Waals surface area contributed by atoms with E-state index in [2.05, 4.69) is 34.5 Å². The lowest BCUT2D eigenvalue weighted by Crippen LogP contribution is -2.42. The molecular weight excluding hydrogens is 664 g/mol. The van der Waals surface area contributed by atoms with Crippen LogP contribution in [0.2, 0.25) is 0 Å². The van der Waals surface area contributed by atoms with E-state index in [4.69, 9.17) is 14.2 Å². The molecule has 2 aliphatic carbocycles. The topological polar surface area (TPSA) is 159 Å². The first-order valence-corrected chi connectivity index (χ1v) is 18.0. The number of ether oxygens (including phenoxy) is 3. The Labute approximate surface area is 301 Å². The van der Waals surface area contributed by atoms with Crippen molar-refractivity contribution in [2.75, 3.05) is 26.4 Å². The molecular formula is C40H42N4O8. The number of phenolic OH excluding ortho intramolecular Hbond substituents is 1. The van der Waals surface area contributed by atoms with Gasteiger partial charge in [-0.1, -0.05) is 86.3 Å². The van der Waals surface area contributed by atoms with E-state index in [0.29, 0.717) is 43.2 Å². The SMILES string of the molecule is O=[N+]([O-])c1ccc(N=Nc2cc3c(O)c(c2)[C@H]2CCCC[C@@]2(c2ccccc2)OCCOCCO[C@]2(c4ccccc4)CCCC[C@H]32)c([N+](=O)[O-])c1. The van der Waals surface area contributed by atoms with Crippen LogP contribution >= 0.6 is 0 Å². The molecule has 12 nitrogen and oxygen atoms in total. The van der Waals surface area contributed by atoms with Crippen molar-refractivity contribution in [1.82, 2.24) is 0 Å². The summed E-state index contributed by atoms with van der Waals surface area (Å²) in [5.74, 6) is -0.380. The van der Waals surface area contributed by atoms with E-state index in [-0.39, 0.29) is 23.3 Å². The lowest BCUT2D eigenvalue weighted by Gasteiger charge is -2.47. The zero-order chi connectivity index (χ0) is 36.1. The maximum absolute atomic E-state index is 12.6. The predicted molar refractivity (Wildman–Crippen MR) is 193 cm³/mol. The molecule has 270 valence electrons. The monoisotopic (exact) mass is 706 g/mol. The number of fused-ring (bicyclic) bond motifs is 6. The molecule has 0 aromatic heterocycles. The number of benzene rings is 4. The second-order valence-electron chi connectivity index (χ2n) is 13.8. The lowest BCUT2D eigenvalue weighted by molar-refractivity contribution is -0.393. The third-order valence-corrected chi connectivity index (χ3v) is 11.0. The van der Waals surface area contributed by atoms with Crippen molar-refractivity contribution in [3.8, 4) is 5.75 Å². The van der Waals surface area contributed by atoms with Crippen LogP contribution < -0.4 is 0 Å². The third kappa shape index (κ3) is 6.81. The van der Waals surface area contributed by atoms with Gasteiger partial charge in [-0.05, 0) is 55.0 Å². The van der Waals surface area contributed by atoms with E-state index in [1.807, 2.05) is 48.5 Å². The highest BCUT2D eigenvalue weighted by atomic mass is 16.6. The third-order valence-electron chi connectivity index (χ3n) is 11.0. The summed E-state index contributed by atoms with van der Waals surface area (Å²) in [6, 6.07) is 27.2. The Hall–Kier alpha value is -5.04. The number of rotatable bonds is 6. The van der Waals surface area contributed by atoms with Gasteiger partial charge in [0.2, 0.25) is 0 Å². The maximum atomic E-state index is 12.6. The highest BCUT2D eigenvalue weighted by molar-refractivity contribution is 5.62. The van der Waals surface area contributed by atoms with Gasteiger partial charge in [-0.15, -0.1) is 5.11 Å². The summed E-state index contributed by atoms with van der Waals surface area (Å²) in [4.78, 5) is 21.9. The highest BCUT2D eigenvalue weighted by Gasteiger charge is 2.49. The maximum Gasteiger partial charge on any atom is 0.303 e. The predicted octanol–water partition coefficient (Wildman–Crippen LogP) is 9.79. The zero-order valence-electron chi connectivity index (χ0n) is 28.9. The molecule has 4 aromatic rings. The summed E-state index contributed by atoms with van der Waals surface area (Å²) >= 11 is 0. The first-order valence-electron chi connectivity index (χ1n) is 18.0. The van der Waals surface area contributed by atoms with Crippen LogP contribution in [-0.2, 0) is 25.4 Å². The van der Waals surface area contributed by atoms with E-state index >= 15 is 0 Å². The number of non-ortho nitro benzene ring substituents is 1. The van der Waals surface area contributed by atoms with Gasteiger partial charge in [0.15, 0.2) is 5.69 Å². The Bertz CT molecular complexity index is 1850. The summed E-state index contributed by atoms with van der Waals surface area (Å²) in [6.07, 6.45) is 6.68. The summed E-state index contributed by atoms with van der Waals surface area (Å²) in [6.45, 7) is 1.45. The molecule has 2 saturated carbocycles.